The fourth-order valence-corrected chi connectivity index (χ4v) is 2.76. The summed E-state index contributed by atoms with van der Waals surface area (Å²) in [6.45, 7) is 1.91. The number of ether oxygens (including phenoxy) is 2. The zero-order valence-electron chi connectivity index (χ0n) is 17.8. The monoisotopic (exact) mass is 465 g/mol. The lowest BCUT2D eigenvalue weighted by Gasteiger charge is -2.10. The molecule has 0 aromatic heterocycles. The van der Waals surface area contributed by atoms with Gasteiger partial charge in [0.15, 0.2) is 11.5 Å². The molecule has 0 radical (unpaired) electrons. The number of hydrogen-bond acceptors (Lipinski definition) is 6. The first kappa shape index (κ1) is 23.5. The van der Waals surface area contributed by atoms with Crippen LogP contribution in [0.1, 0.15) is 21.5 Å². The molecule has 168 valence electrons. The first-order valence-corrected chi connectivity index (χ1v) is 10.1. The van der Waals surface area contributed by atoms with Crippen molar-refractivity contribution in [3.63, 3.8) is 0 Å². The minimum absolute atomic E-state index is 0.205. The summed E-state index contributed by atoms with van der Waals surface area (Å²) in [4.78, 5) is 36.2. The fourth-order valence-electron chi connectivity index (χ4n) is 2.63. The van der Waals surface area contributed by atoms with Gasteiger partial charge in [0.2, 0.25) is 0 Å². The zero-order valence-corrected chi connectivity index (χ0v) is 18.6. The number of methoxy groups -OCH3 is 1. The van der Waals surface area contributed by atoms with Crippen LogP contribution in [0, 0.1) is 6.92 Å². The molecular formula is C24H20ClN3O5. The molecule has 0 bridgehead atoms. The summed E-state index contributed by atoms with van der Waals surface area (Å²) in [7, 11) is 1.42. The molecule has 0 saturated heterocycles. The Kier molecular flexibility index (Phi) is 7.77. The predicted octanol–water partition coefficient (Wildman–Crippen LogP) is 3.97. The van der Waals surface area contributed by atoms with E-state index in [2.05, 4.69) is 15.8 Å². The molecule has 2 amide bonds. The normalized spacial score (nSPS) is 10.5. The van der Waals surface area contributed by atoms with Crippen LogP contribution in [0.4, 0.5) is 5.69 Å². The second kappa shape index (κ2) is 10.9. The Bertz CT molecular complexity index is 1190. The summed E-state index contributed by atoms with van der Waals surface area (Å²) in [5, 5.41) is 6.76. The highest BCUT2D eigenvalue weighted by Gasteiger charge is 2.14. The number of benzene rings is 3. The number of hydrogen-bond donors (Lipinski definition) is 2. The highest BCUT2D eigenvalue weighted by atomic mass is 35.5. The Morgan fingerprint density at radius 1 is 0.909 bits per heavy atom. The lowest BCUT2D eigenvalue weighted by atomic mass is 10.2. The first-order valence-electron chi connectivity index (χ1n) is 9.72. The van der Waals surface area contributed by atoms with Gasteiger partial charge in [-0.3, -0.25) is 9.59 Å². The van der Waals surface area contributed by atoms with Crippen molar-refractivity contribution in [2.24, 2.45) is 5.10 Å². The SMILES string of the molecule is COc1cc(/C=N\NC(=O)C(=O)Nc2ccc(C)cc2)ccc1OC(=O)c1ccc(Cl)cc1. The lowest BCUT2D eigenvalue weighted by Crippen LogP contribution is -2.32. The van der Waals surface area contributed by atoms with Gasteiger partial charge in [0, 0.05) is 10.7 Å². The van der Waals surface area contributed by atoms with E-state index in [1.165, 1.54) is 19.4 Å². The van der Waals surface area contributed by atoms with Crippen LogP contribution in [0.5, 0.6) is 11.5 Å². The number of amides is 2. The molecule has 0 spiro atoms. The van der Waals surface area contributed by atoms with Crippen LogP contribution in [-0.2, 0) is 9.59 Å². The molecule has 0 atom stereocenters. The summed E-state index contributed by atoms with van der Waals surface area (Å²) in [6, 6.07) is 18.0. The molecule has 0 aliphatic carbocycles. The number of hydrazone groups is 1. The number of rotatable bonds is 6. The van der Waals surface area contributed by atoms with Gasteiger partial charge in [-0.2, -0.15) is 5.10 Å². The van der Waals surface area contributed by atoms with E-state index < -0.39 is 17.8 Å². The molecule has 2 N–H and O–H groups in total. The van der Waals surface area contributed by atoms with Gasteiger partial charge in [0.1, 0.15) is 0 Å². The third-order valence-corrected chi connectivity index (χ3v) is 4.62. The molecular weight excluding hydrogens is 446 g/mol. The predicted molar refractivity (Wildman–Crippen MR) is 125 cm³/mol. The van der Waals surface area contributed by atoms with Crippen LogP contribution in [0.2, 0.25) is 5.02 Å². The van der Waals surface area contributed by atoms with E-state index in [1.807, 2.05) is 19.1 Å². The largest absolute Gasteiger partial charge is 0.493 e. The number of nitrogens with one attached hydrogen (secondary N) is 2. The number of esters is 1. The Labute approximate surface area is 195 Å². The number of halogens is 1. The minimum atomic E-state index is -0.924. The highest BCUT2D eigenvalue weighted by molar-refractivity contribution is 6.39. The van der Waals surface area contributed by atoms with Crippen LogP contribution in [0.3, 0.4) is 0 Å². The Morgan fingerprint density at radius 2 is 1.61 bits per heavy atom. The molecule has 0 fully saturated rings. The van der Waals surface area contributed by atoms with Crippen LogP contribution >= 0.6 is 11.6 Å². The maximum Gasteiger partial charge on any atom is 0.343 e. The average Bonchev–Trinajstić information content (AvgIpc) is 2.81. The van der Waals surface area contributed by atoms with Crippen molar-refractivity contribution in [3.8, 4) is 11.5 Å². The van der Waals surface area contributed by atoms with Crippen LogP contribution in [0.15, 0.2) is 71.8 Å². The second-order valence-electron chi connectivity index (χ2n) is 6.83. The van der Waals surface area contributed by atoms with E-state index in [1.54, 1.807) is 48.5 Å². The van der Waals surface area contributed by atoms with E-state index in [4.69, 9.17) is 21.1 Å². The number of nitrogens with zero attached hydrogens (tertiary/aromatic N) is 1. The lowest BCUT2D eigenvalue weighted by molar-refractivity contribution is -0.136. The molecule has 0 unspecified atom stereocenters. The molecule has 0 aliphatic heterocycles. The third kappa shape index (κ3) is 6.65. The molecule has 3 aromatic rings. The van der Waals surface area contributed by atoms with Crippen LogP contribution < -0.4 is 20.2 Å². The van der Waals surface area contributed by atoms with Gasteiger partial charge in [-0.15, -0.1) is 0 Å². The van der Waals surface area contributed by atoms with E-state index in [0.29, 0.717) is 21.8 Å². The van der Waals surface area contributed by atoms with E-state index in [-0.39, 0.29) is 11.5 Å². The first-order chi connectivity index (χ1) is 15.9. The second-order valence-corrected chi connectivity index (χ2v) is 7.26. The molecule has 8 nitrogen and oxygen atoms in total. The highest BCUT2D eigenvalue weighted by Crippen LogP contribution is 2.28. The summed E-state index contributed by atoms with van der Waals surface area (Å²) in [5.41, 5.74) is 4.55. The van der Waals surface area contributed by atoms with Crippen molar-refractivity contribution >= 4 is 41.3 Å². The van der Waals surface area contributed by atoms with Gasteiger partial charge in [0.05, 0.1) is 18.9 Å². The number of carbonyl (C=O) groups is 3. The molecule has 0 saturated carbocycles. The summed E-state index contributed by atoms with van der Waals surface area (Å²) < 4.78 is 10.7. The smallest absolute Gasteiger partial charge is 0.343 e. The summed E-state index contributed by atoms with van der Waals surface area (Å²) in [6.07, 6.45) is 1.32. The van der Waals surface area contributed by atoms with E-state index in [0.717, 1.165) is 5.56 Å². The third-order valence-electron chi connectivity index (χ3n) is 4.37. The summed E-state index contributed by atoms with van der Waals surface area (Å²) in [5.74, 6) is -1.86. The maximum atomic E-state index is 12.3. The maximum absolute atomic E-state index is 12.3. The van der Waals surface area contributed by atoms with Gasteiger partial charge in [0.25, 0.3) is 0 Å². The van der Waals surface area contributed by atoms with Crippen molar-refractivity contribution in [3.05, 3.63) is 88.4 Å². The molecule has 3 rings (SSSR count). The van der Waals surface area contributed by atoms with Gasteiger partial charge in [-0.25, -0.2) is 10.2 Å². The number of carbonyl (C=O) groups excluding carboxylic acids is 3. The van der Waals surface area contributed by atoms with E-state index in [9.17, 15) is 14.4 Å². The standard InChI is InChI=1S/C24H20ClN3O5/c1-15-3-10-19(11-4-15)27-22(29)23(30)28-26-14-16-5-12-20(21(13-16)32-2)33-24(31)17-6-8-18(25)9-7-17/h3-14H,1-2H3,(H,27,29)(H,28,30)/b26-14-. The molecule has 9 heteroatoms. The quantitative estimate of drug-likeness (QED) is 0.188. The van der Waals surface area contributed by atoms with Gasteiger partial charge < -0.3 is 14.8 Å². The zero-order chi connectivity index (χ0) is 23.8. The minimum Gasteiger partial charge on any atom is -0.493 e. The van der Waals surface area contributed by atoms with Crippen molar-refractivity contribution < 1.29 is 23.9 Å². The Hall–Kier alpha value is -4.17. The Balaban J connectivity index is 1.59. The average molecular weight is 466 g/mol. The van der Waals surface area contributed by atoms with Gasteiger partial charge in [-0.05, 0) is 67.1 Å². The van der Waals surface area contributed by atoms with Crippen molar-refractivity contribution in [2.75, 3.05) is 12.4 Å². The molecule has 0 aliphatic rings. The number of anilines is 1. The van der Waals surface area contributed by atoms with Crippen molar-refractivity contribution in [1.29, 1.82) is 0 Å². The van der Waals surface area contributed by atoms with Gasteiger partial charge in [-0.1, -0.05) is 29.3 Å². The molecule has 3 aromatic carbocycles. The Morgan fingerprint density at radius 3 is 2.27 bits per heavy atom. The summed E-state index contributed by atoms with van der Waals surface area (Å²) >= 11 is 5.83. The van der Waals surface area contributed by atoms with Gasteiger partial charge >= 0.3 is 17.8 Å². The molecule has 0 heterocycles. The van der Waals surface area contributed by atoms with Crippen molar-refractivity contribution in [1.82, 2.24) is 5.43 Å². The number of aryl methyl sites for hydroxylation is 1. The van der Waals surface area contributed by atoms with Crippen LogP contribution in [-0.4, -0.2) is 31.1 Å². The van der Waals surface area contributed by atoms with Crippen LogP contribution in [0.25, 0.3) is 0 Å². The molecule has 33 heavy (non-hydrogen) atoms. The van der Waals surface area contributed by atoms with E-state index >= 15 is 0 Å². The van der Waals surface area contributed by atoms with Crippen molar-refractivity contribution in [2.45, 2.75) is 6.92 Å². The topological polar surface area (TPSA) is 106 Å². The fraction of sp³-hybridized carbons (Fsp3) is 0.0833.